The zero-order valence-electron chi connectivity index (χ0n) is 14.1. The van der Waals surface area contributed by atoms with Crippen LogP contribution < -0.4 is 10.0 Å². The van der Waals surface area contributed by atoms with Crippen LogP contribution in [0.4, 0.5) is 5.13 Å². The molecule has 1 amide bonds. The SMILES string of the molecule is CNS(=O)(=O)c1ccc(C)c(C(=O)Nc2nc(-c3cccnc3)cs2)c1. The van der Waals surface area contributed by atoms with E-state index in [2.05, 4.69) is 20.0 Å². The summed E-state index contributed by atoms with van der Waals surface area (Å²) >= 11 is 1.29. The van der Waals surface area contributed by atoms with E-state index >= 15 is 0 Å². The summed E-state index contributed by atoms with van der Waals surface area (Å²) in [6, 6.07) is 8.10. The zero-order chi connectivity index (χ0) is 18.7. The van der Waals surface area contributed by atoms with Gasteiger partial charge in [-0.3, -0.25) is 15.1 Å². The van der Waals surface area contributed by atoms with Crippen LogP contribution in [0.1, 0.15) is 15.9 Å². The lowest BCUT2D eigenvalue weighted by Crippen LogP contribution is -2.20. The van der Waals surface area contributed by atoms with Crippen LogP contribution in [0.3, 0.4) is 0 Å². The number of benzene rings is 1. The second-order valence-corrected chi connectivity index (χ2v) is 8.16. The third-order valence-corrected chi connectivity index (χ3v) is 5.88. The van der Waals surface area contributed by atoms with E-state index < -0.39 is 15.9 Å². The van der Waals surface area contributed by atoms with Crippen molar-refractivity contribution in [1.29, 1.82) is 0 Å². The molecule has 0 aliphatic heterocycles. The van der Waals surface area contributed by atoms with Gasteiger partial charge in [-0.25, -0.2) is 18.1 Å². The number of thiazole rings is 1. The predicted octanol–water partition coefficient (Wildman–Crippen LogP) is 2.67. The Labute approximate surface area is 155 Å². The molecule has 134 valence electrons. The first kappa shape index (κ1) is 18.2. The van der Waals surface area contributed by atoms with Crippen LogP contribution in [0.5, 0.6) is 0 Å². The summed E-state index contributed by atoms with van der Waals surface area (Å²) < 4.78 is 26.1. The van der Waals surface area contributed by atoms with Crippen LogP contribution in [-0.2, 0) is 10.0 Å². The van der Waals surface area contributed by atoms with Crippen LogP contribution in [0.15, 0.2) is 53.0 Å². The monoisotopic (exact) mass is 388 g/mol. The first-order chi connectivity index (χ1) is 12.4. The molecule has 9 heteroatoms. The average Bonchev–Trinajstić information content (AvgIpc) is 3.11. The Balaban J connectivity index is 1.85. The van der Waals surface area contributed by atoms with Crippen molar-refractivity contribution in [2.24, 2.45) is 0 Å². The number of carbonyl (C=O) groups excluding carboxylic acids is 1. The van der Waals surface area contributed by atoms with Gasteiger partial charge in [0.25, 0.3) is 5.91 Å². The van der Waals surface area contributed by atoms with Crippen molar-refractivity contribution in [1.82, 2.24) is 14.7 Å². The van der Waals surface area contributed by atoms with Crippen LogP contribution in [0.25, 0.3) is 11.3 Å². The van der Waals surface area contributed by atoms with E-state index in [9.17, 15) is 13.2 Å². The molecule has 0 saturated heterocycles. The van der Waals surface area contributed by atoms with E-state index in [1.165, 1.54) is 30.5 Å². The van der Waals surface area contributed by atoms with Gasteiger partial charge in [0.2, 0.25) is 10.0 Å². The lowest BCUT2D eigenvalue weighted by atomic mass is 10.1. The maximum Gasteiger partial charge on any atom is 0.257 e. The minimum atomic E-state index is -3.63. The molecule has 3 rings (SSSR count). The maximum absolute atomic E-state index is 12.6. The molecule has 1 aromatic carbocycles. The fourth-order valence-electron chi connectivity index (χ4n) is 2.27. The van der Waals surface area contributed by atoms with Gasteiger partial charge in [0.1, 0.15) is 0 Å². The highest BCUT2D eigenvalue weighted by molar-refractivity contribution is 7.89. The highest BCUT2D eigenvalue weighted by Crippen LogP contribution is 2.25. The first-order valence-corrected chi connectivity index (χ1v) is 9.98. The number of pyridine rings is 1. The summed E-state index contributed by atoms with van der Waals surface area (Å²) in [6.45, 7) is 1.74. The summed E-state index contributed by atoms with van der Waals surface area (Å²) in [5, 5.41) is 4.97. The van der Waals surface area contributed by atoms with Gasteiger partial charge in [-0.15, -0.1) is 11.3 Å². The molecule has 0 unspecified atom stereocenters. The third-order valence-electron chi connectivity index (χ3n) is 3.71. The molecule has 0 atom stereocenters. The van der Waals surface area contributed by atoms with Gasteiger partial charge in [0.05, 0.1) is 10.6 Å². The summed E-state index contributed by atoms with van der Waals surface area (Å²) in [4.78, 5) is 21.0. The van der Waals surface area contributed by atoms with Gasteiger partial charge in [-0.2, -0.15) is 0 Å². The number of nitrogens with zero attached hydrogens (tertiary/aromatic N) is 2. The Morgan fingerprint density at radius 2 is 2.04 bits per heavy atom. The standard InChI is InChI=1S/C17H16N4O3S2/c1-11-5-6-13(26(23,24)18-2)8-14(11)16(22)21-17-20-15(10-25-17)12-4-3-7-19-9-12/h3-10,18H,1-2H3,(H,20,21,22). The molecule has 2 aromatic heterocycles. The van der Waals surface area contributed by atoms with Gasteiger partial charge in [-0.05, 0) is 43.8 Å². The summed E-state index contributed by atoms with van der Waals surface area (Å²) in [5.74, 6) is -0.414. The minimum absolute atomic E-state index is 0.0333. The Morgan fingerprint density at radius 3 is 2.73 bits per heavy atom. The Morgan fingerprint density at radius 1 is 1.23 bits per heavy atom. The minimum Gasteiger partial charge on any atom is -0.298 e. The number of anilines is 1. The van der Waals surface area contributed by atoms with Crippen molar-refractivity contribution in [2.75, 3.05) is 12.4 Å². The maximum atomic E-state index is 12.6. The largest absolute Gasteiger partial charge is 0.298 e. The molecular formula is C17H16N4O3S2. The summed E-state index contributed by atoms with van der Waals surface area (Å²) in [7, 11) is -2.30. The van der Waals surface area contributed by atoms with Gasteiger partial charge < -0.3 is 0 Å². The van der Waals surface area contributed by atoms with Gasteiger partial charge in [0.15, 0.2) is 5.13 Å². The Hall–Kier alpha value is -2.62. The van der Waals surface area contributed by atoms with Crippen molar-refractivity contribution < 1.29 is 13.2 Å². The number of amides is 1. The number of rotatable bonds is 5. The molecule has 0 bridgehead atoms. The lowest BCUT2D eigenvalue weighted by Gasteiger charge is -2.08. The van der Waals surface area contributed by atoms with Gasteiger partial charge >= 0.3 is 0 Å². The van der Waals surface area contributed by atoms with E-state index in [4.69, 9.17) is 0 Å². The summed E-state index contributed by atoms with van der Waals surface area (Å²) in [6.07, 6.45) is 3.37. The molecule has 0 aliphatic rings. The fourth-order valence-corrected chi connectivity index (χ4v) is 3.74. The summed E-state index contributed by atoms with van der Waals surface area (Å²) in [5.41, 5.74) is 2.50. The molecular weight excluding hydrogens is 372 g/mol. The highest BCUT2D eigenvalue weighted by Gasteiger charge is 2.17. The van der Waals surface area contributed by atoms with Crippen LogP contribution in [0, 0.1) is 6.92 Å². The fraction of sp³-hybridized carbons (Fsp3) is 0.118. The molecule has 3 aromatic rings. The topological polar surface area (TPSA) is 101 Å². The first-order valence-electron chi connectivity index (χ1n) is 7.62. The molecule has 26 heavy (non-hydrogen) atoms. The van der Waals surface area contributed by atoms with Gasteiger partial charge in [0, 0.05) is 28.9 Å². The molecule has 2 N–H and O–H groups in total. The molecule has 2 heterocycles. The van der Waals surface area contributed by atoms with E-state index in [0.717, 1.165) is 5.56 Å². The number of aromatic nitrogens is 2. The number of nitrogens with one attached hydrogen (secondary N) is 2. The number of hydrogen-bond acceptors (Lipinski definition) is 6. The van der Waals surface area contributed by atoms with Crippen molar-refractivity contribution in [3.8, 4) is 11.3 Å². The van der Waals surface area contributed by atoms with Crippen LogP contribution in [0.2, 0.25) is 0 Å². The van der Waals surface area contributed by atoms with Crippen LogP contribution >= 0.6 is 11.3 Å². The van der Waals surface area contributed by atoms with Gasteiger partial charge in [-0.1, -0.05) is 6.07 Å². The molecule has 0 fully saturated rings. The van der Waals surface area contributed by atoms with Crippen LogP contribution in [-0.4, -0.2) is 31.3 Å². The Kier molecular flexibility index (Phi) is 5.12. The van der Waals surface area contributed by atoms with E-state index in [-0.39, 0.29) is 10.5 Å². The van der Waals surface area contributed by atoms with E-state index in [1.54, 1.807) is 25.4 Å². The molecule has 0 spiro atoms. The van der Waals surface area contributed by atoms with Crippen molar-refractivity contribution >= 4 is 32.4 Å². The lowest BCUT2D eigenvalue weighted by molar-refractivity contribution is 0.102. The van der Waals surface area contributed by atoms with Crippen molar-refractivity contribution in [3.63, 3.8) is 0 Å². The zero-order valence-corrected chi connectivity index (χ0v) is 15.7. The second kappa shape index (κ2) is 7.32. The number of carbonyl (C=O) groups is 1. The quantitative estimate of drug-likeness (QED) is 0.700. The predicted molar refractivity (Wildman–Crippen MR) is 101 cm³/mol. The average molecular weight is 388 g/mol. The number of hydrogen-bond donors (Lipinski definition) is 2. The van der Waals surface area contributed by atoms with E-state index in [0.29, 0.717) is 16.4 Å². The third kappa shape index (κ3) is 3.79. The Bertz CT molecular complexity index is 1050. The molecule has 0 saturated carbocycles. The van der Waals surface area contributed by atoms with Crippen molar-refractivity contribution in [3.05, 3.63) is 59.2 Å². The number of sulfonamides is 1. The smallest absolute Gasteiger partial charge is 0.257 e. The van der Waals surface area contributed by atoms with E-state index in [1.807, 2.05) is 17.5 Å². The molecule has 7 nitrogen and oxygen atoms in total. The highest BCUT2D eigenvalue weighted by atomic mass is 32.2. The second-order valence-electron chi connectivity index (χ2n) is 5.42. The molecule has 0 radical (unpaired) electrons. The number of aryl methyl sites for hydroxylation is 1. The molecule has 0 aliphatic carbocycles. The normalized spacial score (nSPS) is 11.3. The van der Waals surface area contributed by atoms with Crippen molar-refractivity contribution in [2.45, 2.75) is 11.8 Å².